The number of nitrogens with one attached hydrogen (secondary N) is 1. The molecule has 1 amide bonds. The zero-order valence-corrected chi connectivity index (χ0v) is 18.1. The Labute approximate surface area is 181 Å². The van der Waals surface area contributed by atoms with Crippen molar-refractivity contribution in [2.24, 2.45) is 5.92 Å². The molecule has 5 rings (SSSR count). The van der Waals surface area contributed by atoms with Crippen LogP contribution in [-0.2, 0) is 11.3 Å². The van der Waals surface area contributed by atoms with E-state index in [0.717, 1.165) is 60.1 Å². The summed E-state index contributed by atoms with van der Waals surface area (Å²) in [5.41, 5.74) is 2.38. The van der Waals surface area contributed by atoms with Crippen LogP contribution < -0.4 is 5.32 Å². The average Bonchev–Trinajstić information content (AvgIpc) is 3.53. The monoisotopic (exact) mass is 420 g/mol. The number of carbonyl (C=O) groups excluding carboxylic acids is 1. The lowest BCUT2D eigenvalue weighted by atomic mass is 10.1. The molecule has 1 N–H and O–H groups in total. The molecule has 9 nitrogen and oxygen atoms in total. The fraction of sp³-hybridized carbons (Fsp3) is 0.545. The Morgan fingerprint density at radius 2 is 1.94 bits per heavy atom. The number of carbonyl (C=O) groups is 1. The third-order valence-corrected chi connectivity index (χ3v) is 6.14. The summed E-state index contributed by atoms with van der Waals surface area (Å²) in [6.07, 6.45) is 10.1. The van der Waals surface area contributed by atoms with Gasteiger partial charge < -0.3 is 14.8 Å². The highest BCUT2D eigenvalue weighted by atomic mass is 16.2. The van der Waals surface area contributed by atoms with Crippen LogP contribution in [0.4, 0.5) is 5.82 Å². The van der Waals surface area contributed by atoms with Gasteiger partial charge in [-0.1, -0.05) is 0 Å². The Morgan fingerprint density at radius 1 is 1.13 bits per heavy atom. The topological polar surface area (TPSA) is 102 Å². The number of fused-ring (bicyclic) bond motifs is 1. The molecule has 0 bridgehead atoms. The van der Waals surface area contributed by atoms with E-state index in [2.05, 4.69) is 36.7 Å². The number of anilines is 1. The van der Waals surface area contributed by atoms with E-state index >= 15 is 0 Å². The molecular weight excluding hydrogens is 392 g/mol. The smallest absolute Gasteiger partial charge is 0.222 e. The molecule has 162 valence electrons. The van der Waals surface area contributed by atoms with Gasteiger partial charge >= 0.3 is 0 Å². The van der Waals surface area contributed by atoms with Gasteiger partial charge in [-0.3, -0.25) is 4.79 Å². The zero-order chi connectivity index (χ0) is 21.4. The minimum atomic E-state index is 0.154. The van der Waals surface area contributed by atoms with Crippen molar-refractivity contribution in [3.05, 3.63) is 24.5 Å². The fourth-order valence-electron chi connectivity index (χ4n) is 4.29. The molecule has 0 aromatic carbocycles. The number of amides is 1. The van der Waals surface area contributed by atoms with Crippen LogP contribution in [0.3, 0.4) is 0 Å². The number of aryl methyl sites for hydroxylation is 2. The Kier molecular flexibility index (Phi) is 5.25. The Bertz CT molecular complexity index is 1090. The van der Waals surface area contributed by atoms with Crippen molar-refractivity contribution in [3.8, 4) is 11.4 Å². The molecular formula is C22H28N8O. The molecule has 0 spiro atoms. The first-order valence-electron chi connectivity index (χ1n) is 11.2. The standard InChI is InChI=1S/C22H28N8O/c1-3-30-21(16-9-23-14(2)24-10-16)28-19-20(25-13-26-22(19)30)27-17-5-4-6-18(31)29(12-17)11-15-7-8-15/h9-10,13,15,17H,3-8,11-12H2,1-2H3,(H,25,26,27). The van der Waals surface area contributed by atoms with Crippen molar-refractivity contribution in [2.75, 3.05) is 18.4 Å². The number of nitrogens with zero attached hydrogens (tertiary/aromatic N) is 7. The lowest BCUT2D eigenvalue weighted by molar-refractivity contribution is -0.131. The van der Waals surface area contributed by atoms with Crippen LogP contribution in [0.2, 0.25) is 0 Å². The number of hydrogen-bond donors (Lipinski definition) is 1. The first-order chi connectivity index (χ1) is 15.1. The number of rotatable bonds is 6. The summed E-state index contributed by atoms with van der Waals surface area (Å²) in [7, 11) is 0. The second-order valence-corrected chi connectivity index (χ2v) is 8.57. The van der Waals surface area contributed by atoms with E-state index in [1.165, 1.54) is 12.8 Å². The van der Waals surface area contributed by atoms with E-state index in [0.29, 0.717) is 18.9 Å². The summed E-state index contributed by atoms with van der Waals surface area (Å²) in [5.74, 6) is 3.20. The van der Waals surface area contributed by atoms with Gasteiger partial charge in [-0.2, -0.15) is 0 Å². The molecule has 3 aromatic heterocycles. The summed E-state index contributed by atoms with van der Waals surface area (Å²) in [6.45, 7) is 6.26. The van der Waals surface area contributed by atoms with Gasteiger partial charge in [0, 0.05) is 44.5 Å². The SMILES string of the molecule is CCn1c(-c2cnc(C)nc2)nc2c(NC3CCCC(=O)N(CC4CC4)C3)ncnc21. The summed E-state index contributed by atoms with van der Waals surface area (Å²) in [5, 5.41) is 3.58. The fourth-order valence-corrected chi connectivity index (χ4v) is 4.29. The molecule has 31 heavy (non-hydrogen) atoms. The molecule has 1 saturated carbocycles. The molecule has 2 aliphatic rings. The maximum atomic E-state index is 12.5. The maximum Gasteiger partial charge on any atom is 0.222 e. The first-order valence-corrected chi connectivity index (χ1v) is 11.2. The summed E-state index contributed by atoms with van der Waals surface area (Å²) < 4.78 is 2.06. The number of hydrogen-bond acceptors (Lipinski definition) is 7. The van der Waals surface area contributed by atoms with Gasteiger partial charge in [0.25, 0.3) is 0 Å². The number of imidazole rings is 1. The molecule has 2 fully saturated rings. The molecule has 1 aliphatic carbocycles. The van der Waals surface area contributed by atoms with Gasteiger partial charge in [-0.05, 0) is 45.4 Å². The zero-order valence-electron chi connectivity index (χ0n) is 18.1. The highest BCUT2D eigenvalue weighted by Crippen LogP contribution is 2.31. The minimum absolute atomic E-state index is 0.154. The van der Waals surface area contributed by atoms with E-state index in [9.17, 15) is 4.79 Å². The highest BCUT2D eigenvalue weighted by molar-refractivity contribution is 5.86. The van der Waals surface area contributed by atoms with E-state index < -0.39 is 0 Å². The summed E-state index contributed by atoms with van der Waals surface area (Å²) in [4.78, 5) is 37.1. The highest BCUT2D eigenvalue weighted by Gasteiger charge is 2.30. The van der Waals surface area contributed by atoms with Crippen molar-refractivity contribution in [1.82, 2.24) is 34.4 Å². The minimum Gasteiger partial charge on any atom is -0.364 e. The third kappa shape index (κ3) is 4.08. The van der Waals surface area contributed by atoms with Crippen molar-refractivity contribution < 1.29 is 4.79 Å². The summed E-state index contributed by atoms with van der Waals surface area (Å²) in [6, 6.07) is 0.154. The quantitative estimate of drug-likeness (QED) is 0.654. The van der Waals surface area contributed by atoms with Crippen molar-refractivity contribution in [2.45, 2.75) is 58.5 Å². The molecule has 4 heterocycles. The molecule has 1 unspecified atom stereocenters. The van der Waals surface area contributed by atoms with Crippen molar-refractivity contribution in [1.29, 1.82) is 0 Å². The lowest BCUT2D eigenvalue weighted by Gasteiger charge is -2.25. The van der Waals surface area contributed by atoms with Crippen molar-refractivity contribution in [3.63, 3.8) is 0 Å². The molecule has 3 aromatic rings. The normalized spacial score (nSPS) is 19.6. The number of aromatic nitrogens is 6. The van der Waals surface area contributed by atoms with Crippen LogP contribution >= 0.6 is 0 Å². The number of likely N-dealkylation sites (tertiary alicyclic amines) is 1. The van der Waals surface area contributed by atoms with Crippen LogP contribution in [0.1, 0.15) is 44.9 Å². The Morgan fingerprint density at radius 3 is 2.68 bits per heavy atom. The molecule has 0 radical (unpaired) electrons. The van der Waals surface area contributed by atoms with Gasteiger partial charge in [-0.25, -0.2) is 24.9 Å². The van der Waals surface area contributed by atoms with E-state index in [-0.39, 0.29) is 11.9 Å². The molecule has 1 saturated heterocycles. The predicted molar refractivity (Wildman–Crippen MR) is 117 cm³/mol. The van der Waals surface area contributed by atoms with Crippen LogP contribution in [0.5, 0.6) is 0 Å². The molecule has 1 atom stereocenters. The van der Waals surface area contributed by atoms with Gasteiger partial charge in [0.15, 0.2) is 17.0 Å². The van der Waals surface area contributed by atoms with Crippen LogP contribution in [-0.4, -0.2) is 59.4 Å². The van der Waals surface area contributed by atoms with Gasteiger partial charge in [0.2, 0.25) is 5.91 Å². The second kappa shape index (κ2) is 8.20. The van der Waals surface area contributed by atoms with Gasteiger partial charge in [0.05, 0.1) is 5.56 Å². The average molecular weight is 421 g/mol. The first kappa shape index (κ1) is 19.8. The molecule has 9 heteroatoms. The van der Waals surface area contributed by atoms with E-state index in [1.807, 2.05) is 11.8 Å². The lowest BCUT2D eigenvalue weighted by Crippen LogP contribution is -2.39. The van der Waals surface area contributed by atoms with Crippen LogP contribution in [0.25, 0.3) is 22.6 Å². The van der Waals surface area contributed by atoms with Gasteiger partial charge in [0.1, 0.15) is 18.0 Å². The van der Waals surface area contributed by atoms with Crippen LogP contribution in [0.15, 0.2) is 18.7 Å². The second-order valence-electron chi connectivity index (χ2n) is 8.57. The molecule has 1 aliphatic heterocycles. The maximum absolute atomic E-state index is 12.5. The largest absolute Gasteiger partial charge is 0.364 e. The van der Waals surface area contributed by atoms with Crippen molar-refractivity contribution >= 4 is 22.9 Å². The van der Waals surface area contributed by atoms with E-state index in [4.69, 9.17) is 4.98 Å². The van der Waals surface area contributed by atoms with Gasteiger partial charge in [-0.15, -0.1) is 0 Å². The Balaban J connectivity index is 1.45. The Hall–Kier alpha value is -3.10. The predicted octanol–water partition coefficient (Wildman–Crippen LogP) is 2.81. The van der Waals surface area contributed by atoms with Crippen LogP contribution in [0, 0.1) is 12.8 Å². The summed E-state index contributed by atoms with van der Waals surface area (Å²) >= 11 is 0. The third-order valence-electron chi connectivity index (χ3n) is 6.14. The van der Waals surface area contributed by atoms with E-state index in [1.54, 1.807) is 18.7 Å².